The number of fused-ring (bicyclic) bond motifs is 1. The number of likely N-dealkylation sites (tertiary alicyclic amines) is 2. The largest absolute Gasteiger partial charge is 0.453 e. The van der Waals surface area contributed by atoms with Crippen LogP contribution in [0.1, 0.15) is 37.4 Å². The molecule has 3 heterocycles. The zero-order valence-corrected chi connectivity index (χ0v) is 22.3. The molecule has 11 heteroatoms. The molecule has 2 unspecified atom stereocenters. The van der Waals surface area contributed by atoms with Crippen molar-refractivity contribution in [2.75, 3.05) is 60.2 Å². The molecular weight excluding hydrogens is 503 g/mol. The third-order valence-electron chi connectivity index (χ3n) is 7.77. The van der Waals surface area contributed by atoms with Crippen molar-refractivity contribution in [1.82, 2.24) is 20.4 Å². The predicted molar refractivity (Wildman–Crippen MR) is 137 cm³/mol. The minimum absolute atomic E-state index is 0.0250. The van der Waals surface area contributed by atoms with Crippen molar-refractivity contribution in [2.45, 2.75) is 43.9 Å². The van der Waals surface area contributed by atoms with E-state index in [1.54, 1.807) is 12.1 Å². The number of amides is 3. The van der Waals surface area contributed by atoms with Crippen molar-refractivity contribution in [3.63, 3.8) is 0 Å². The zero-order chi connectivity index (χ0) is 26.4. The Morgan fingerprint density at radius 2 is 2.14 bits per heavy atom. The van der Waals surface area contributed by atoms with Gasteiger partial charge in [-0.25, -0.2) is 14.0 Å². The smallest absolute Gasteiger partial charge is 0.406 e. The molecule has 0 radical (unpaired) electrons. The van der Waals surface area contributed by atoms with E-state index in [9.17, 15) is 9.59 Å². The number of piperidine rings is 2. The fourth-order valence-corrected chi connectivity index (χ4v) is 6.08. The number of hydrogen-bond donors (Lipinski definition) is 2. The third kappa shape index (κ3) is 7.04. The van der Waals surface area contributed by atoms with Crippen LogP contribution in [0, 0.1) is 17.7 Å². The normalized spacial score (nSPS) is 27.2. The predicted octanol–water partition coefficient (Wildman–Crippen LogP) is 3.42. The Balaban J connectivity index is 1.40. The fraction of sp³-hybridized carbons (Fsp3) is 0.692. The summed E-state index contributed by atoms with van der Waals surface area (Å²) in [5.74, 6) is -0.124. The lowest BCUT2D eigenvalue weighted by Crippen LogP contribution is -2.59. The molecule has 4 rings (SSSR count). The maximum atomic E-state index is 15.0. The lowest BCUT2D eigenvalue weighted by Gasteiger charge is -2.46. The molecule has 0 spiro atoms. The van der Waals surface area contributed by atoms with E-state index < -0.39 is 18.0 Å². The number of nitrogens with one attached hydrogen (secondary N) is 2. The summed E-state index contributed by atoms with van der Waals surface area (Å²) in [4.78, 5) is 28.8. The molecule has 9 nitrogen and oxygen atoms in total. The lowest BCUT2D eigenvalue weighted by molar-refractivity contribution is -0.0370. The summed E-state index contributed by atoms with van der Waals surface area (Å²) in [5, 5.41) is 5.85. The number of carbonyl (C=O) groups is 2. The Kier molecular flexibility index (Phi) is 9.86. The highest BCUT2D eigenvalue weighted by atomic mass is 35.5. The highest BCUT2D eigenvalue weighted by molar-refractivity contribution is 6.30. The van der Waals surface area contributed by atoms with Crippen molar-refractivity contribution >= 4 is 23.7 Å². The van der Waals surface area contributed by atoms with Gasteiger partial charge in [-0.3, -0.25) is 4.90 Å². The first-order chi connectivity index (χ1) is 17.9. The van der Waals surface area contributed by atoms with E-state index >= 15 is 4.39 Å². The number of likely N-dealkylation sites (N-methyl/N-ethyl adjacent to an activating group) is 1. The number of methoxy groups -OCH3 is 1. The number of rotatable bonds is 7. The number of halogens is 2. The quantitative estimate of drug-likeness (QED) is 0.515. The third-order valence-corrected chi connectivity index (χ3v) is 8.06. The van der Waals surface area contributed by atoms with E-state index in [0.29, 0.717) is 30.6 Å². The molecule has 0 aliphatic carbocycles. The van der Waals surface area contributed by atoms with E-state index in [-0.39, 0.29) is 36.2 Å². The van der Waals surface area contributed by atoms with E-state index in [2.05, 4.69) is 27.3 Å². The van der Waals surface area contributed by atoms with Crippen LogP contribution in [0.4, 0.5) is 14.0 Å². The van der Waals surface area contributed by atoms with Gasteiger partial charge >= 0.3 is 12.1 Å². The number of ether oxygens (including phenoxy) is 3. The minimum Gasteiger partial charge on any atom is -0.453 e. The highest BCUT2D eigenvalue weighted by Gasteiger charge is 2.38. The van der Waals surface area contributed by atoms with Crippen LogP contribution in [0.3, 0.4) is 0 Å². The summed E-state index contributed by atoms with van der Waals surface area (Å²) < 4.78 is 31.4. The van der Waals surface area contributed by atoms with Crippen LogP contribution < -0.4 is 10.6 Å². The topological polar surface area (TPSA) is 92.4 Å². The Hall–Kier alpha value is -2.14. The average Bonchev–Trinajstić information content (AvgIpc) is 2.90. The molecule has 3 aliphatic heterocycles. The lowest BCUT2D eigenvalue weighted by atomic mass is 9.84. The number of alkyl carbamates (subject to hydrolysis) is 1. The van der Waals surface area contributed by atoms with Gasteiger partial charge in [0, 0.05) is 56.4 Å². The Morgan fingerprint density at radius 3 is 2.95 bits per heavy atom. The fourth-order valence-electron chi connectivity index (χ4n) is 5.90. The van der Waals surface area contributed by atoms with Crippen LogP contribution in [0.2, 0.25) is 5.02 Å². The molecule has 5 atom stereocenters. The van der Waals surface area contributed by atoms with Crippen LogP contribution in [0.15, 0.2) is 18.2 Å². The zero-order valence-electron chi connectivity index (χ0n) is 21.6. The molecule has 2 N–H and O–H groups in total. The average molecular weight is 541 g/mol. The number of nitrogens with zero attached hydrogens (tertiary/aromatic N) is 2. The second-order valence-corrected chi connectivity index (χ2v) is 10.6. The number of hydrogen-bond acceptors (Lipinski definition) is 6. The van der Waals surface area contributed by atoms with Crippen LogP contribution in [0.5, 0.6) is 0 Å². The summed E-state index contributed by atoms with van der Waals surface area (Å²) >= 11 is 6.08. The van der Waals surface area contributed by atoms with Crippen molar-refractivity contribution in [2.24, 2.45) is 11.8 Å². The van der Waals surface area contributed by atoms with Gasteiger partial charge in [0.2, 0.25) is 0 Å². The van der Waals surface area contributed by atoms with Gasteiger partial charge in [-0.1, -0.05) is 23.7 Å². The molecule has 3 amide bonds. The molecule has 0 aromatic heterocycles. The van der Waals surface area contributed by atoms with Gasteiger partial charge in [0.15, 0.2) is 0 Å². The Bertz CT molecular complexity index is 940. The van der Waals surface area contributed by atoms with Crippen molar-refractivity contribution in [3.05, 3.63) is 34.6 Å². The highest BCUT2D eigenvalue weighted by Crippen LogP contribution is 2.36. The van der Waals surface area contributed by atoms with Crippen LogP contribution in [0.25, 0.3) is 0 Å². The van der Waals surface area contributed by atoms with E-state index in [4.69, 9.17) is 21.1 Å². The molecule has 3 aliphatic rings. The number of urea groups is 1. The van der Waals surface area contributed by atoms with Gasteiger partial charge in [0.25, 0.3) is 0 Å². The molecule has 3 fully saturated rings. The monoisotopic (exact) mass is 540 g/mol. The van der Waals surface area contributed by atoms with Crippen molar-refractivity contribution < 1.29 is 28.2 Å². The first kappa shape index (κ1) is 27.9. The first-order valence-electron chi connectivity index (χ1n) is 13.1. The van der Waals surface area contributed by atoms with E-state index in [1.165, 1.54) is 13.2 Å². The van der Waals surface area contributed by atoms with Gasteiger partial charge in [-0.2, -0.15) is 0 Å². The summed E-state index contributed by atoms with van der Waals surface area (Å²) in [7, 11) is 3.38. The molecule has 0 bridgehead atoms. The van der Waals surface area contributed by atoms with Gasteiger partial charge < -0.3 is 29.7 Å². The molecule has 206 valence electrons. The van der Waals surface area contributed by atoms with Crippen molar-refractivity contribution in [1.29, 1.82) is 0 Å². The van der Waals surface area contributed by atoms with Crippen LogP contribution >= 0.6 is 11.6 Å². The van der Waals surface area contributed by atoms with Crippen LogP contribution in [-0.2, 0) is 14.2 Å². The first-order valence-corrected chi connectivity index (χ1v) is 13.5. The Labute approximate surface area is 222 Å². The summed E-state index contributed by atoms with van der Waals surface area (Å²) in [6.07, 6.45) is 2.36. The molecule has 1 aromatic rings. The standard InChI is InChI=1S/C26H38ClFN4O5/c1-31-15-19(13-17-8-11-36-16-22(17)31)30-25(33)32-10-4-5-18(14-32)24(37-12-9-29-26(34)35-2)20-6-3-7-21(27)23(20)28/h3,6-7,17-19,22,24H,4-5,8-16H2,1-2H3,(H,29,34)(H,30,33)/t17?,18-,19-,22?,24-/m1/s1. The van der Waals surface area contributed by atoms with Gasteiger partial charge in [0.1, 0.15) is 5.82 Å². The molecule has 3 saturated heterocycles. The van der Waals surface area contributed by atoms with Crippen LogP contribution in [-0.4, -0.2) is 94.2 Å². The van der Waals surface area contributed by atoms with Crippen molar-refractivity contribution in [3.8, 4) is 0 Å². The van der Waals surface area contributed by atoms with Gasteiger partial charge in [-0.05, 0) is 44.7 Å². The summed E-state index contributed by atoms with van der Waals surface area (Å²) in [6, 6.07) is 5.27. The number of carbonyl (C=O) groups excluding carboxylic acids is 2. The maximum absolute atomic E-state index is 15.0. The Morgan fingerprint density at radius 1 is 1.30 bits per heavy atom. The van der Waals surface area contributed by atoms with Gasteiger partial charge in [-0.15, -0.1) is 0 Å². The van der Waals surface area contributed by atoms with E-state index in [1.807, 2.05) is 4.90 Å². The molecular formula is C26H38ClFN4O5. The summed E-state index contributed by atoms with van der Waals surface area (Å²) in [6.45, 7) is 3.78. The number of benzene rings is 1. The molecule has 37 heavy (non-hydrogen) atoms. The maximum Gasteiger partial charge on any atom is 0.406 e. The minimum atomic E-state index is -0.613. The van der Waals surface area contributed by atoms with E-state index in [0.717, 1.165) is 45.4 Å². The SMILES string of the molecule is COC(=O)NCCO[C@@H](c1cccc(Cl)c1F)[C@@H]1CCCN(C(=O)N[C@@H]2CC3CCOCC3N(C)C2)C1. The molecule has 0 saturated carbocycles. The second-order valence-electron chi connectivity index (χ2n) is 10.2. The summed E-state index contributed by atoms with van der Waals surface area (Å²) in [5.41, 5.74) is 0.359. The second kappa shape index (κ2) is 13.1. The molecule has 1 aromatic carbocycles. The van der Waals surface area contributed by atoms with Gasteiger partial charge in [0.05, 0.1) is 31.5 Å².